The van der Waals surface area contributed by atoms with Crippen LogP contribution in [0, 0.1) is 17.7 Å². The van der Waals surface area contributed by atoms with E-state index in [0.29, 0.717) is 38.0 Å². The summed E-state index contributed by atoms with van der Waals surface area (Å²) in [5.74, 6) is 2.71. The normalized spacial score (nSPS) is 18.4. The number of para-hydroxylation sites is 1. The maximum absolute atomic E-state index is 14.0. The number of halogens is 1. The Bertz CT molecular complexity index is 1200. The Morgan fingerprint density at radius 3 is 2.71 bits per heavy atom. The summed E-state index contributed by atoms with van der Waals surface area (Å²) in [5.41, 5.74) is 1.65. The van der Waals surface area contributed by atoms with Crippen LogP contribution >= 0.6 is 11.3 Å². The fraction of sp³-hybridized carbons (Fsp3) is 0.500. The summed E-state index contributed by atoms with van der Waals surface area (Å²) in [5, 5.41) is 3.93. The van der Waals surface area contributed by atoms with Crippen LogP contribution in [0.15, 0.2) is 24.3 Å². The molecule has 1 aromatic carbocycles. The monoisotopic (exact) mass is 481 g/mol. The van der Waals surface area contributed by atoms with Crippen LogP contribution in [0.25, 0.3) is 10.2 Å². The topological polar surface area (TPSA) is 61.4 Å². The lowest BCUT2D eigenvalue weighted by Crippen LogP contribution is -2.50. The van der Waals surface area contributed by atoms with Gasteiger partial charge in [-0.1, -0.05) is 32.9 Å². The molecule has 0 bridgehead atoms. The standard InChI is InChI=1S/C26H32FN5OS/c1-16(2)14-22-29-24(23-18-9-8-17(3)15-21(18)34-25(23)30-22)31-10-12-32(13-11-31)26(33)28-20-7-5-4-6-19(20)27/h4-7,16-17H,8-15H2,1-3H3,(H,28,33). The maximum Gasteiger partial charge on any atom is 0.322 e. The van der Waals surface area contributed by atoms with Crippen LogP contribution in [0.5, 0.6) is 0 Å². The zero-order valence-electron chi connectivity index (χ0n) is 20.1. The molecule has 1 saturated heterocycles. The molecular weight excluding hydrogens is 449 g/mol. The minimum absolute atomic E-state index is 0.213. The number of benzene rings is 1. The van der Waals surface area contributed by atoms with Gasteiger partial charge in [0.15, 0.2) is 0 Å². The van der Waals surface area contributed by atoms with Gasteiger partial charge in [0, 0.05) is 37.5 Å². The molecule has 34 heavy (non-hydrogen) atoms. The molecule has 0 spiro atoms. The van der Waals surface area contributed by atoms with E-state index in [1.165, 1.54) is 28.3 Å². The number of carbonyl (C=O) groups excluding carboxylic acids is 1. The molecule has 180 valence electrons. The summed E-state index contributed by atoms with van der Waals surface area (Å²) >= 11 is 1.84. The summed E-state index contributed by atoms with van der Waals surface area (Å²) in [6, 6.07) is 6.00. The lowest BCUT2D eigenvalue weighted by Gasteiger charge is -2.36. The largest absolute Gasteiger partial charge is 0.352 e. The van der Waals surface area contributed by atoms with Crippen molar-refractivity contribution >= 4 is 39.1 Å². The van der Waals surface area contributed by atoms with E-state index in [9.17, 15) is 9.18 Å². The molecule has 2 aromatic heterocycles. The zero-order valence-corrected chi connectivity index (χ0v) is 20.9. The van der Waals surface area contributed by atoms with Crippen LogP contribution in [0.1, 0.15) is 43.5 Å². The number of rotatable bonds is 4. The van der Waals surface area contributed by atoms with Gasteiger partial charge in [0.05, 0.1) is 11.1 Å². The lowest BCUT2D eigenvalue weighted by molar-refractivity contribution is 0.208. The summed E-state index contributed by atoms with van der Waals surface area (Å²) in [4.78, 5) is 29.4. The number of aromatic nitrogens is 2. The van der Waals surface area contributed by atoms with Gasteiger partial charge in [-0.2, -0.15) is 0 Å². The fourth-order valence-corrected chi connectivity index (χ4v) is 6.33. The van der Waals surface area contributed by atoms with E-state index in [0.717, 1.165) is 35.7 Å². The summed E-state index contributed by atoms with van der Waals surface area (Å²) in [7, 11) is 0. The molecule has 1 unspecified atom stereocenters. The van der Waals surface area contributed by atoms with Gasteiger partial charge in [-0.25, -0.2) is 19.2 Å². The van der Waals surface area contributed by atoms with Gasteiger partial charge in [0.1, 0.15) is 22.3 Å². The minimum atomic E-state index is -0.424. The highest BCUT2D eigenvalue weighted by Gasteiger charge is 2.29. The highest BCUT2D eigenvalue weighted by molar-refractivity contribution is 7.19. The van der Waals surface area contributed by atoms with Gasteiger partial charge < -0.3 is 15.1 Å². The number of hydrogen-bond acceptors (Lipinski definition) is 5. The summed E-state index contributed by atoms with van der Waals surface area (Å²) in [6.07, 6.45) is 4.27. The van der Waals surface area contributed by atoms with Gasteiger partial charge in [0.2, 0.25) is 0 Å². The van der Waals surface area contributed by atoms with Crippen LogP contribution in [-0.2, 0) is 19.3 Å². The van der Waals surface area contributed by atoms with Crippen LogP contribution in [-0.4, -0.2) is 47.1 Å². The number of amides is 2. The second kappa shape index (κ2) is 9.49. The van der Waals surface area contributed by atoms with Gasteiger partial charge in [0.25, 0.3) is 0 Å². The average molecular weight is 482 g/mol. The van der Waals surface area contributed by atoms with Crippen molar-refractivity contribution in [2.24, 2.45) is 11.8 Å². The molecule has 2 aliphatic rings. The van der Waals surface area contributed by atoms with Crippen molar-refractivity contribution in [2.45, 2.75) is 46.5 Å². The Hall–Kier alpha value is -2.74. The van der Waals surface area contributed by atoms with Crippen LogP contribution in [0.4, 0.5) is 20.7 Å². The number of thiophene rings is 1. The molecule has 0 radical (unpaired) electrons. The predicted octanol–water partition coefficient (Wildman–Crippen LogP) is 5.51. The number of nitrogens with one attached hydrogen (secondary N) is 1. The van der Waals surface area contributed by atoms with Crippen molar-refractivity contribution in [3.63, 3.8) is 0 Å². The first-order valence-electron chi connectivity index (χ1n) is 12.3. The highest BCUT2D eigenvalue weighted by atomic mass is 32.1. The van der Waals surface area contributed by atoms with E-state index >= 15 is 0 Å². The number of urea groups is 1. The van der Waals surface area contributed by atoms with Crippen molar-refractivity contribution in [1.82, 2.24) is 14.9 Å². The smallest absolute Gasteiger partial charge is 0.322 e. The molecule has 3 heterocycles. The quantitative estimate of drug-likeness (QED) is 0.534. The number of carbonyl (C=O) groups is 1. The number of anilines is 2. The molecule has 1 aliphatic carbocycles. The number of hydrogen-bond donors (Lipinski definition) is 1. The number of aryl methyl sites for hydroxylation is 1. The van der Waals surface area contributed by atoms with E-state index in [-0.39, 0.29) is 11.7 Å². The van der Waals surface area contributed by atoms with Crippen LogP contribution in [0.3, 0.4) is 0 Å². The Morgan fingerprint density at radius 1 is 1.21 bits per heavy atom. The van der Waals surface area contributed by atoms with E-state index in [4.69, 9.17) is 9.97 Å². The SMILES string of the molecule is CC(C)Cc1nc(N2CCN(C(=O)Nc3ccccc3F)CC2)c2c3c(sc2n1)CC(C)CC3. The molecule has 5 rings (SSSR count). The van der Waals surface area contributed by atoms with Crippen molar-refractivity contribution < 1.29 is 9.18 Å². The van der Waals surface area contributed by atoms with Crippen LogP contribution in [0.2, 0.25) is 0 Å². The van der Waals surface area contributed by atoms with Gasteiger partial charge >= 0.3 is 6.03 Å². The van der Waals surface area contributed by atoms with Crippen LogP contribution < -0.4 is 10.2 Å². The highest BCUT2D eigenvalue weighted by Crippen LogP contribution is 2.41. The Balaban J connectivity index is 1.38. The molecule has 2 amide bonds. The zero-order chi connectivity index (χ0) is 23.8. The van der Waals surface area contributed by atoms with Crippen molar-refractivity contribution in [3.8, 4) is 0 Å². The Kier molecular flexibility index (Phi) is 6.42. The summed E-state index contributed by atoms with van der Waals surface area (Å²) < 4.78 is 14.0. The maximum atomic E-state index is 14.0. The molecule has 1 atom stereocenters. The second-order valence-corrected chi connectivity index (χ2v) is 11.1. The van der Waals surface area contributed by atoms with E-state index < -0.39 is 5.82 Å². The van der Waals surface area contributed by atoms with Gasteiger partial charge in [-0.15, -0.1) is 11.3 Å². The first-order valence-corrected chi connectivity index (χ1v) is 13.1. The number of fused-ring (bicyclic) bond motifs is 3. The molecular formula is C26H32FN5OS. The molecule has 3 aromatic rings. The third kappa shape index (κ3) is 4.60. The number of nitrogens with zero attached hydrogens (tertiary/aromatic N) is 4. The fourth-order valence-electron chi connectivity index (χ4n) is 4.93. The van der Waals surface area contributed by atoms with Crippen molar-refractivity contribution in [3.05, 3.63) is 46.3 Å². The lowest BCUT2D eigenvalue weighted by atomic mass is 9.89. The van der Waals surface area contributed by atoms with Crippen molar-refractivity contribution in [1.29, 1.82) is 0 Å². The molecule has 0 saturated carbocycles. The third-order valence-corrected chi connectivity index (χ3v) is 7.90. The van der Waals surface area contributed by atoms with Crippen molar-refractivity contribution in [2.75, 3.05) is 36.4 Å². The Morgan fingerprint density at radius 2 is 1.97 bits per heavy atom. The van der Waals surface area contributed by atoms with E-state index in [1.807, 2.05) is 11.3 Å². The number of piperazine rings is 1. The second-order valence-electron chi connectivity index (χ2n) is 9.98. The van der Waals surface area contributed by atoms with E-state index in [2.05, 4.69) is 31.0 Å². The molecule has 1 fully saturated rings. The first kappa shape index (κ1) is 23.0. The van der Waals surface area contributed by atoms with Gasteiger partial charge in [-0.3, -0.25) is 0 Å². The minimum Gasteiger partial charge on any atom is -0.352 e. The molecule has 1 N–H and O–H groups in total. The molecule has 8 heteroatoms. The first-order chi connectivity index (χ1) is 16.4. The van der Waals surface area contributed by atoms with Gasteiger partial charge in [-0.05, 0) is 48.8 Å². The molecule has 6 nitrogen and oxygen atoms in total. The average Bonchev–Trinajstić information content (AvgIpc) is 3.17. The predicted molar refractivity (Wildman–Crippen MR) is 136 cm³/mol. The molecule has 1 aliphatic heterocycles. The van der Waals surface area contributed by atoms with E-state index in [1.54, 1.807) is 23.1 Å². The summed E-state index contributed by atoms with van der Waals surface area (Å²) in [6.45, 7) is 9.24. The Labute approximate surface area is 204 Å². The third-order valence-electron chi connectivity index (χ3n) is 6.75.